The Hall–Kier alpha value is -2.38. The van der Waals surface area contributed by atoms with Crippen molar-refractivity contribution >= 4 is 5.69 Å². The van der Waals surface area contributed by atoms with Crippen molar-refractivity contribution in [3.05, 3.63) is 60.4 Å². The molecule has 2 unspecified atom stereocenters. The second kappa shape index (κ2) is 5.98. The van der Waals surface area contributed by atoms with Crippen molar-refractivity contribution in [2.24, 2.45) is 0 Å². The zero-order valence-electron chi connectivity index (χ0n) is 10.4. The lowest BCUT2D eigenvalue weighted by Gasteiger charge is -2.24. The Labute approximate surface area is 112 Å². The third-order valence-electron chi connectivity index (χ3n) is 2.98. The summed E-state index contributed by atoms with van der Waals surface area (Å²) in [6.45, 7) is 0.243. The van der Waals surface area contributed by atoms with Crippen LogP contribution in [0, 0.1) is 11.3 Å². The summed E-state index contributed by atoms with van der Waals surface area (Å²) in [5.41, 5.74) is 7.01. The van der Waals surface area contributed by atoms with Crippen molar-refractivity contribution in [3.8, 4) is 6.07 Å². The van der Waals surface area contributed by atoms with Crippen molar-refractivity contribution < 1.29 is 9.67 Å². The molecule has 1 aromatic carbocycles. The van der Waals surface area contributed by atoms with Crippen molar-refractivity contribution in [2.75, 3.05) is 5.73 Å². The van der Waals surface area contributed by atoms with Gasteiger partial charge in [0, 0.05) is 17.8 Å². The normalized spacial score (nSPS) is 13.5. The van der Waals surface area contributed by atoms with Crippen LogP contribution in [0.25, 0.3) is 0 Å². The fourth-order valence-corrected chi connectivity index (χ4v) is 1.94. The minimum Gasteiger partial charge on any atom is -0.846 e. The van der Waals surface area contributed by atoms with Crippen LogP contribution in [0.5, 0.6) is 0 Å². The van der Waals surface area contributed by atoms with Gasteiger partial charge in [0.05, 0.1) is 12.0 Å². The summed E-state index contributed by atoms with van der Waals surface area (Å²) in [4.78, 5) is 0. The number of pyridine rings is 1. The maximum atomic E-state index is 12.2. The minimum atomic E-state index is -1.01. The Morgan fingerprint density at radius 1 is 1.16 bits per heavy atom. The Bertz CT molecular complexity index is 560. The average molecular weight is 253 g/mol. The molecule has 4 nitrogen and oxygen atoms in total. The van der Waals surface area contributed by atoms with E-state index in [1.165, 1.54) is 0 Å². The topological polar surface area (TPSA) is 76.8 Å². The smallest absolute Gasteiger partial charge is 0.170 e. The summed E-state index contributed by atoms with van der Waals surface area (Å²) in [5, 5.41) is 21.4. The monoisotopic (exact) mass is 253 g/mol. The van der Waals surface area contributed by atoms with Gasteiger partial charge in [0.1, 0.15) is 6.54 Å². The molecule has 19 heavy (non-hydrogen) atoms. The SMILES string of the molecule is N#CC(c1ccccc1)C([O-])C[n+]1ccc(N)cc1. The fraction of sp³-hybridized carbons (Fsp3) is 0.200. The Morgan fingerprint density at radius 2 is 1.79 bits per heavy atom. The molecule has 4 heteroatoms. The number of anilines is 1. The van der Waals surface area contributed by atoms with E-state index in [1.807, 2.05) is 30.3 Å². The Morgan fingerprint density at radius 3 is 2.37 bits per heavy atom. The summed E-state index contributed by atoms with van der Waals surface area (Å²) in [6.07, 6.45) is 2.49. The lowest BCUT2D eigenvalue weighted by atomic mass is 9.95. The van der Waals surface area contributed by atoms with Gasteiger partial charge in [-0.05, 0) is 11.7 Å². The number of hydrogen-bond donors (Lipinski definition) is 1. The summed E-state index contributed by atoms with van der Waals surface area (Å²) >= 11 is 0. The molecule has 0 bridgehead atoms. The van der Waals surface area contributed by atoms with Crippen molar-refractivity contribution in [3.63, 3.8) is 0 Å². The third kappa shape index (κ3) is 3.30. The number of nitrogen functional groups attached to an aromatic ring is 1. The Balaban J connectivity index is 2.12. The van der Waals surface area contributed by atoms with E-state index < -0.39 is 12.0 Å². The molecule has 2 atom stereocenters. The van der Waals surface area contributed by atoms with E-state index in [0.717, 1.165) is 5.56 Å². The fourth-order valence-electron chi connectivity index (χ4n) is 1.94. The molecule has 1 aromatic heterocycles. The summed E-state index contributed by atoms with van der Waals surface area (Å²) in [7, 11) is 0. The summed E-state index contributed by atoms with van der Waals surface area (Å²) in [6, 6.07) is 14.7. The molecule has 0 aliphatic carbocycles. The zero-order valence-corrected chi connectivity index (χ0v) is 10.4. The van der Waals surface area contributed by atoms with Crippen LogP contribution in [0.4, 0.5) is 5.69 Å². The predicted octanol–water partition coefficient (Wildman–Crippen LogP) is 0.593. The highest BCUT2D eigenvalue weighted by Crippen LogP contribution is 2.17. The Kier molecular flexibility index (Phi) is 4.11. The van der Waals surface area contributed by atoms with E-state index >= 15 is 0 Å². The molecule has 1 heterocycles. The van der Waals surface area contributed by atoms with Gasteiger partial charge in [0.15, 0.2) is 12.4 Å². The second-order valence-electron chi connectivity index (χ2n) is 4.38. The van der Waals surface area contributed by atoms with Gasteiger partial charge in [0.25, 0.3) is 0 Å². The van der Waals surface area contributed by atoms with Crippen LogP contribution in [0.15, 0.2) is 54.9 Å². The number of rotatable bonds is 4. The van der Waals surface area contributed by atoms with Crippen LogP contribution in [-0.2, 0) is 6.54 Å². The molecule has 0 saturated heterocycles. The van der Waals surface area contributed by atoms with Gasteiger partial charge in [-0.3, -0.25) is 0 Å². The van der Waals surface area contributed by atoms with Crippen LogP contribution < -0.4 is 15.4 Å². The molecular formula is C15H15N3O. The first-order valence-corrected chi connectivity index (χ1v) is 6.05. The number of benzene rings is 1. The first kappa shape index (κ1) is 13.1. The first-order chi connectivity index (χ1) is 9.20. The molecule has 2 N–H and O–H groups in total. The van der Waals surface area contributed by atoms with Gasteiger partial charge in [0.2, 0.25) is 0 Å². The summed E-state index contributed by atoms with van der Waals surface area (Å²) in [5.74, 6) is -0.647. The third-order valence-corrected chi connectivity index (χ3v) is 2.98. The van der Waals surface area contributed by atoms with Gasteiger partial charge in [-0.15, -0.1) is 0 Å². The molecule has 0 radical (unpaired) electrons. The quantitative estimate of drug-likeness (QED) is 0.810. The van der Waals surface area contributed by atoms with E-state index in [4.69, 9.17) is 5.73 Å². The maximum Gasteiger partial charge on any atom is 0.170 e. The zero-order chi connectivity index (χ0) is 13.7. The van der Waals surface area contributed by atoms with Crippen molar-refractivity contribution in [2.45, 2.75) is 18.6 Å². The van der Waals surface area contributed by atoms with E-state index in [-0.39, 0.29) is 6.54 Å². The van der Waals surface area contributed by atoms with Crippen LogP contribution >= 0.6 is 0 Å². The van der Waals surface area contributed by atoms with Gasteiger partial charge in [-0.1, -0.05) is 30.3 Å². The van der Waals surface area contributed by atoms with Gasteiger partial charge >= 0.3 is 0 Å². The van der Waals surface area contributed by atoms with Gasteiger partial charge in [-0.2, -0.15) is 5.26 Å². The highest BCUT2D eigenvalue weighted by atomic mass is 16.3. The average Bonchev–Trinajstić information content (AvgIpc) is 2.43. The lowest BCUT2D eigenvalue weighted by Crippen LogP contribution is -2.47. The lowest BCUT2D eigenvalue weighted by molar-refractivity contribution is -0.722. The maximum absolute atomic E-state index is 12.2. The highest BCUT2D eigenvalue weighted by Gasteiger charge is 2.17. The van der Waals surface area contributed by atoms with Crippen LogP contribution in [0.3, 0.4) is 0 Å². The van der Waals surface area contributed by atoms with E-state index in [1.54, 1.807) is 29.1 Å². The molecule has 0 spiro atoms. The number of nitrogens with zero attached hydrogens (tertiary/aromatic N) is 2. The molecule has 96 valence electrons. The van der Waals surface area contributed by atoms with Crippen LogP contribution in [0.2, 0.25) is 0 Å². The van der Waals surface area contributed by atoms with Crippen LogP contribution in [0.1, 0.15) is 11.5 Å². The molecule has 0 fully saturated rings. The van der Waals surface area contributed by atoms with E-state index in [9.17, 15) is 10.4 Å². The molecule has 0 amide bonds. The largest absolute Gasteiger partial charge is 0.846 e. The van der Waals surface area contributed by atoms with E-state index in [2.05, 4.69) is 6.07 Å². The van der Waals surface area contributed by atoms with Gasteiger partial charge < -0.3 is 10.8 Å². The molecular weight excluding hydrogens is 238 g/mol. The number of nitriles is 1. The van der Waals surface area contributed by atoms with Crippen LogP contribution in [-0.4, -0.2) is 6.10 Å². The van der Waals surface area contributed by atoms with Crippen molar-refractivity contribution in [1.29, 1.82) is 5.26 Å². The minimum absolute atomic E-state index is 0.243. The van der Waals surface area contributed by atoms with E-state index in [0.29, 0.717) is 5.69 Å². The number of aromatic nitrogens is 1. The molecule has 0 aliphatic heterocycles. The van der Waals surface area contributed by atoms with Gasteiger partial charge in [-0.25, -0.2) is 4.57 Å². The highest BCUT2D eigenvalue weighted by molar-refractivity contribution is 5.32. The molecule has 2 aromatic rings. The van der Waals surface area contributed by atoms with Crippen molar-refractivity contribution in [1.82, 2.24) is 0 Å². The molecule has 2 rings (SSSR count). The standard InChI is InChI=1S/C15H14N3O/c16-10-14(12-4-2-1-3-5-12)15(19)11-18-8-6-13(17)7-9-18/h1-9,14-15,17H,11H2/q-1/p+1. The molecule has 0 saturated carbocycles. The second-order valence-corrected chi connectivity index (χ2v) is 4.38. The first-order valence-electron chi connectivity index (χ1n) is 6.05. The predicted molar refractivity (Wildman–Crippen MR) is 69.6 cm³/mol. The summed E-state index contributed by atoms with van der Waals surface area (Å²) < 4.78 is 1.75. The molecule has 0 aliphatic rings. The number of nitrogens with two attached hydrogens (primary N) is 1. The number of hydrogen-bond acceptors (Lipinski definition) is 3.